The molecule has 2 aromatic rings. The lowest BCUT2D eigenvalue weighted by molar-refractivity contribution is -0.142. The smallest absolute Gasteiger partial charge is 0.308 e. The van der Waals surface area contributed by atoms with Gasteiger partial charge in [-0.2, -0.15) is 5.10 Å². The van der Waals surface area contributed by atoms with Crippen LogP contribution in [0.4, 0.5) is 0 Å². The number of hydrogen-bond acceptors (Lipinski definition) is 3. The lowest BCUT2D eigenvalue weighted by atomic mass is 10.0. The molecule has 120 valence electrons. The minimum absolute atomic E-state index is 0.203. The molecule has 6 nitrogen and oxygen atoms in total. The Labute approximate surface area is 130 Å². The van der Waals surface area contributed by atoms with E-state index in [9.17, 15) is 9.59 Å². The number of rotatable bonds is 3. The average Bonchev–Trinajstić information content (AvgIpc) is 2.74. The molecule has 2 N–H and O–H groups in total. The molecule has 1 heterocycles. The molecule has 0 spiro atoms. The van der Waals surface area contributed by atoms with E-state index in [4.69, 9.17) is 5.11 Å². The first-order chi connectivity index (χ1) is 10.2. The van der Waals surface area contributed by atoms with Crippen molar-refractivity contribution in [2.45, 2.75) is 33.7 Å². The van der Waals surface area contributed by atoms with Gasteiger partial charge in [0.05, 0.1) is 17.1 Å². The quantitative estimate of drug-likeness (QED) is 0.909. The normalized spacial score (nSPS) is 13.0. The number of aryl methyl sites for hydroxylation is 2. The molecule has 1 amide bonds. The number of aromatic nitrogens is 2. The molecular formula is C16H23N3O3. The van der Waals surface area contributed by atoms with Gasteiger partial charge in [-0.1, -0.05) is 18.2 Å². The van der Waals surface area contributed by atoms with Gasteiger partial charge < -0.3 is 10.4 Å². The highest BCUT2D eigenvalue weighted by atomic mass is 16.4. The lowest BCUT2D eigenvalue weighted by Crippen LogP contribution is -2.38. The fourth-order valence-corrected chi connectivity index (χ4v) is 2.05. The van der Waals surface area contributed by atoms with Crippen molar-refractivity contribution in [2.24, 2.45) is 13.0 Å². The summed E-state index contributed by atoms with van der Waals surface area (Å²) in [6.45, 7) is 6.62. The fraction of sp³-hybridized carbons (Fsp3) is 0.438. The summed E-state index contributed by atoms with van der Waals surface area (Å²) < 4.78 is 1.91. The SMILES string of the molecule is CC(=O)NC(C)C(C)C(=O)O.Cc1nn(C)c2ccccc12. The van der Waals surface area contributed by atoms with Crippen LogP contribution in [0.2, 0.25) is 0 Å². The number of nitrogens with one attached hydrogen (secondary N) is 1. The van der Waals surface area contributed by atoms with Crippen LogP contribution in [0.25, 0.3) is 10.9 Å². The second kappa shape index (κ2) is 7.59. The Morgan fingerprint density at radius 1 is 1.27 bits per heavy atom. The molecule has 22 heavy (non-hydrogen) atoms. The maximum Gasteiger partial charge on any atom is 0.308 e. The molecule has 0 saturated heterocycles. The maximum atomic E-state index is 10.5. The van der Waals surface area contributed by atoms with E-state index in [1.807, 2.05) is 30.8 Å². The summed E-state index contributed by atoms with van der Waals surface area (Å²) in [5.74, 6) is -1.64. The van der Waals surface area contributed by atoms with Crippen molar-refractivity contribution >= 4 is 22.8 Å². The molecule has 1 aromatic carbocycles. The zero-order valence-corrected chi connectivity index (χ0v) is 13.6. The van der Waals surface area contributed by atoms with Crippen LogP contribution >= 0.6 is 0 Å². The molecule has 0 radical (unpaired) electrons. The number of fused-ring (bicyclic) bond motifs is 1. The molecule has 0 bridgehead atoms. The van der Waals surface area contributed by atoms with Gasteiger partial charge in [0, 0.05) is 25.4 Å². The third kappa shape index (κ3) is 4.58. The summed E-state index contributed by atoms with van der Waals surface area (Å²) in [4.78, 5) is 20.8. The first-order valence-corrected chi connectivity index (χ1v) is 7.12. The van der Waals surface area contributed by atoms with Crippen LogP contribution in [0.15, 0.2) is 24.3 Å². The first kappa shape index (κ1) is 17.7. The van der Waals surface area contributed by atoms with E-state index in [0.717, 1.165) is 5.69 Å². The van der Waals surface area contributed by atoms with Gasteiger partial charge >= 0.3 is 5.97 Å². The van der Waals surface area contributed by atoms with Crippen LogP contribution in [-0.2, 0) is 16.6 Å². The number of carboxylic acids is 1. The van der Waals surface area contributed by atoms with Gasteiger partial charge in [0.15, 0.2) is 0 Å². The predicted molar refractivity (Wildman–Crippen MR) is 85.5 cm³/mol. The number of carbonyl (C=O) groups excluding carboxylic acids is 1. The van der Waals surface area contributed by atoms with Gasteiger partial charge in [-0.15, -0.1) is 0 Å². The Hall–Kier alpha value is -2.37. The maximum absolute atomic E-state index is 10.5. The zero-order chi connectivity index (χ0) is 16.9. The summed E-state index contributed by atoms with van der Waals surface area (Å²) in [6.07, 6.45) is 0. The van der Waals surface area contributed by atoms with Crippen molar-refractivity contribution in [1.29, 1.82) is 0 Å². The standard InChI is InChI=1S/C9H10N2.C7H13NO3/c1-7-8-5-3-4-6-9(8)11(2)10-7;1-4(7(10)11)5(2)8-6(3)9/h3-6H,1-2H3;4-5H,1-3H3,(H,8,9)(H,10,11). The van der Waals surface area contributed by atoms with Crippen LogP contribution in [0.3, 0.4) is 0 Å². The van der Waals surface area contributed by atoms with Crippen molar-refractivity contribution in [1.82, 2.24) is 15.1 Å². The van der Waals surface area contributed by atoms with E-state index < -0.39 is 11.9 Å². The first-order valence-electron chi connectivity index (χ1n) is 7.12. The predicted octanol–water partition coefficient (Wildman–Crippen LogP) is 2.11. The van der Waals surface area contributed by atoms with Crippen LogP contribution < -0.4 is 5.32 Å². The molecule has 0 aliphatic heterocycles. The number of aliphatic carboxylic acids is 1. The molecular weight excluding hydrogens is 282 g/mol. The molecule has 0 aliphatic rings. The summed E-state index contributed by atoms with van der Waals surface area (Å²) in [7, 11) is 1.97. The van der Waals surface area contributed by atoms with Gasteiger partial charge in [-0.05, 0) is 26.8 Å². The van der Waals surface area contributed by atoms with Crippen molar-refractivity contribution in [3.8, 4) is 0 Å². The summed E-state index contributed by atoms with van der Waals surface area (Å²) in [5, 5.41) is 16.6. The highest BCUT2D eigenvalue weighted by Crippen LogP contribution is 2.15. The van der Waals surface area contributed by atoms with Crippen LogP contribution in [-0.4, -0.2) is 32.8 Å². The van der Waals surface area contributed by atoms with Crippen molar-refractivity contribution < 1.29 is 14.7 Å². The second-order valence-corrected chi connectivity index (χ2v) is 5.34. The van der Waals surface area contributed by atoms with E-state index in [1.54, 1.807) is 13.8 Å². The number of para-hydroxylation sites is 1. The second-order valence-electron chi connectivity index (χ2n) is 5.34. The number of carbonyl (C=O) groups is 2. The van der Waals surface area contributed by atoms with Gasteiger partial charge in [-0.25, -0.2) is 0 Å². The number of amides is 1. The number of carboxylic acid groups (broad SMARTS) is 1. The molecule has 2 unspecified atom stereocenters. The largest absolute Gasteiger partial charge is 0.481 e. The Balaban J connectivity index is 0.000000220. The fourth-order valence-electron chi connectivity index (χ4n) is 2.05. The van der Waals surface area contributed by atoms with E-state index in [1.165, 1.54) is 17.8 Å². The highest BCUT2D eigenvalue weighted by molar-refractivity contribution is 5.81. The van der Waals surface area contributed by atoms with Crippen LogP contribution in [0.5, 0.6) is 0 Å². The number of benzene rings is 1. The lowest BCUT2D eigenvalue weighted by Gasteiger charge is -2.15. The Kier molecular flexibility index (Phi) is 6.10. The average molecular weight is 305 g/mol. The molecule has 1 aromatic heterocycles. The summed E-state index contributed by atoms with van der Waals surface area (Å²) in [6, 6.07) is 7.93. The summed E-state index contributed by atoms with van der Waals surface area (Å²) in [5.41, 5.74) is 2.30. The molecule has 2 rings (SSSR count). The Morgan fingerprint density at radius 2 is 1.86 bits per heavy atom. The van der Waals surface area contributed by atoms with E-state index in [-0.39, 0.29) is 11.9 Å². The molecule has 0 fully saturated rings. The van der Waals surface area contributed by atoms with E-state index in [2.05, 4.69) is 22.5 Å². The Morgan fingerprint density at radius 3 is 2.36 bits per heavy atom. The zero-order valence-electron chi connectivity index (χ0n) is 13.6. The van der Waals surface area contributed by atoms with Gasteiger partial charge in [0.2, 0.25) is 5.91 Å². The third-order valence-electron chi connectivity index (χ3n) is 3.51. The van der Waals surface area contributed by atoms with Crippen molar-refractivity contribution in [3.05, 3.63) is 30.0 Å². The van der Waals surface area contributed by atoms with Crippen LogP contribution in [0.1, 0.15) is 26.5 Å². The molecule has 6 heteroatoms. The van der Waals surface area contributed by atoms with Gasteiger partial charge in [0.1, 0.15) is 0 Å². The van der Waals surface area contributed by atoms with Crippen LogP contribution in [0, 0.1) is 12.8 Å². The van der Waals surface area contributed by atoms with Crippen molar-refractivity contribution in [3.63, 3.8) is 0 Å². The van der Waals surface area contributed by atoms with Gasteiger partial charge in [-0.3, -0.25) is 14.3 Å². The molecule has 0 aliphatic carbocycles. The van der Waals surface area contributed by atoms with Gasteiger partial charge in [0.25, 0.3) is 0 Å². The van der Waals surface area contributed by atoms with Crippen molar-refractivity contribution in [2.75, 3.05) is 0 Å². The summed E-state index contributed by atoms with van der Waals surface area (Å²) >= 11 is 0. The molecule has 2 atom stereocenters. The highest BCUT2D eigenvalue weighted by Gasteiger charge is 2.19. The van der Waals surface area contributed by atoms with E-state index in [0.29, 0.717) is 0 Å². The monoisotopic (exact) mass is 305 g/mol. The molecule has 0 saturated carbocycles. The Bertz CT molecular complexity index is 628. The third-order valence-corrected chi connectivity index (χ3v) is 3.51. The minimum Gasteiger partial charge on any atom is -0.481 e. The number of nitrogens with zero attached hydrogens (tertiary/aromatic N) is 2. The number of hydrogen-bond donors (Lipinski definition) is 2. The topological polar surface area (TPSA) is 84.2 Å². The minimum atomic E-state index is -0.897. The van der Waals surface area contributed by atoms with E-state index >= 15 is 0 Å².